The molecular weight excluding hydrogens is 416 g/mol. The summed E-state index contributed by atoms with van der Waals surface area (Å²) in [5, 5.41) is 3.51. The lowest BCUT2D eigenvalue weighted by molar-refractivity contribution is -0.137. The molecule has 0 bridgehead atoms. The van der Waals surface area contributed by atoms with Crippen LogP contribution in [0.1, 0.15) is 5.56 Å². The van der Waals surface area contributed by atoms with Crippen LogP contribution in [0.3, 0.4) is 0 Å². The number of hydrogen-bond donors (Lipinski definition) is 2. The van der Waals surface area contributed by atoms with Gasteiger partial charge in [-0.1, -0.05) is 29.3 Å². The first-order valence-electron chi connectivity index (χ1n) is 7.78. The number of benzene rings is 1. The van der Waals surface area contributed by atoms with Crippen molar-refractivity contribution in [3.8, 4) is 11.4 Å². The molecule has 28 heavy (non-hydrogen) atoms. The SMILES string of the molecule is FC(F)(F)c1ccnc(Nc2ncnc3[nH]c(-c4c(Cl)cccc4Cl)nc23)c1. The van der Waals surface area contributed by atoms with E-state index in [1.807, 2.05) is 0 Å². The van der Waals surface area contributed by atoms with Crippen molar-refractivity contribution in [1.82, 2.24) is 24.9 Å². The first-order chi connectivity index (χ1) is 13.3. The number of imidazole rings is 1. The predicted octanol–water partition coefficient (Wildman–Crippen LogP) is 5.48. The Morgan fingerprint density at radius 3 is 2.46 bits per heavy atom. The van der Waals surface area contributed by atoms with Gasteiger partial charge in [-0.05, 0) is 24.3 Å². The van der Waals surface area contributed by atoms with Crippen LogP contribution < -0.4 is 5.32 Å². The molecule has 2 N–H and O–H groups in total. The molecule has 0 spiro atoms. The lowest BCUT2D eigenvalue weighted by Crippen LogP contribution is -2.06. The van der Waals surface area contributed by atoms with E-state index in [0.717, 1.165) is 18.3 Å². The van der Waals surface area contributed by atoms with Gasteiger partial charge < -0.3 is 10.3 Å². The van der Waals surface area contributed by atoms with Crippen LogP contribution in [0.15, 0.2) is 42.9 Å². The normalized spacial score (nSPS) is 11.8. The van der Waals surface area contributed by atoms with Gasteiger partial charge in [-0.2, -0.15) is 13.2 Å². The number of pyridine rings is 1. The molecular formula is C17H9Cl2F3N6. The number of halogens is 5. The summed E-state index contributed by atoms with van der Waals surface area (Å²) in [4.78, 5) is 19.4. The summed E-state index contributed by atoms with van der Waals surface area (Å²) in [6.07, 6.45) is -2.18. The number of alkyl halides is 3. The molecule has 3 aromatic heterocycles. The van der Waals surface area contributed by atoms with Gasteiger partial charge in [0.05, 0.1) is 21.2 Å². The highest BCUT2D eigenvalue weighted by Gasteiger charge is 2.30. The van der Waals surface area contributed by atoms with Gasteiger partial charge in [-0.3, -0.25) is 0 Å². The van der Waals surface area contributed by atoms with Crippen LogP contribution in [0.5, 0.6) is 0 Å². The number of nitrogens with zero attached hydrogens (tertiary/aromatic N) is 4. The van der Waals surface area contributed by atoms with Gasteiger partial charge >= 0.3 is 6.18 Å². The molecule has 0 aliphatic heterocycles. The summed E-state index contributed by atoms with van der Waals surface area (Å²) >= 11 is 12.4. The number of rotatable bonds is 3. The number of fused-ring (bicyclic) bond motifs is 1. The Kier molecular flexibility index (Phi) is 4.56. The third-order valence-electron chi connectivity index (χ3n) is 3.82. The summed E-state index contributed by atoms with van der Waals surface area (Å²) < 4.78 is 38.7. The molecule has 0 aliphatic rings. The molecule has 4 rings (SSSR count). The van der Waals surface area contributed by atoms with Gasteiger partial charge in [0.25, 0.3) is 0 Å². The Balaban J connectivity index is 1.77. The quantitative estimate of drug-likeness (QED) is 0.454. The summed E-state index contributed by atoms with van der Waals surface area (Å²) in [6.45, 7) is 0. The molecule has 0 aliphatic carbocycles. The van der Waals surface area contributed by atoms with Crippen molar-refractivity contribution < 1.29 is 13.2 Å². The maximum absolute atomic E-state index is 12.9. The highest BCUT2D eigenvalue weighted by Crippen LogP contribution is 2.35. The fourth-order valence-electron chi connectivity index (χ4n) is 2.56. The number of aromatic amines is 1. The Labute approximate surface area is 165 Å². The summed E-state index contributed by atoms with van der Waals surface area (Å²) in [7, 11) is 0. The second-order valence-corrected chi connectivity index (χ2v) is 6.47. The van der Waals surface area contributed by atoms with Crippen molar-refractivity contribution in [3.63, 3.8) is 0 Å². The molecule has 0 saturated carbocycles. The minimum atomic E-state index is -4.49. The maximum Gasteiger partial charge on any atom is 0.416 e. The Morgan fingerprint density at radius 2 is 1.75 bits per heavy atom. The zero-order valence-corrected chi connectivity index (χ0v) is 15.2. The molecule has 0 atom stereocenters. The van der Waals surface area contributed by atoms with Gasteiger partial charge in [-0.25, -0.2) is 19.9 Å². The fourth-order valence-corrected chi connectivity index (χ4v) is 3.13. The fraction of sp³-hybridized carbons (Fsp3) is 0.0588. The van der Waals surface area contributed by atoms with Crippen LogP contribution in [0.2, 0.25) is 10.0 Å². The lowest BCUT2D eigenvalue weighted by atomic mass is 10.2. The van der Waals surface area contributed by atoms with E-state index < -0.39 is 11.7 Å². The molecule has 3 heterocycles. The van der Waals surface area contributed by atoms with E-state index in [-0.39, 0.29) is 11.6 Å². The number of hydrogen-bond acceptors (Lipinski definition) is 5. The van der Waals surface area contributed by atoms with Crippen molar-refractivity contribution in [2.45, 2.75) is 6.18 Å². The zero-order valence-electron chi connectivity index (χ0n) is 13.7. The Hall–Kier alpha value is -2.91. The second-order valence-electron chi connectivity index (χ2n) is 5.65. The Morgan fingerprint density at radius 1 is 1.00 bits per heavy atom. The highest BCUT2D eigenvalue weighted by atomic mass is 35.5. The van der Waals surface area contributed by atoms with Crippen molar-refractivity contribution in [3.05, 3.63) is 58.5 Å². The molecule has 0 unspecified atom stereocenters. The van der Waals surface area contributed by atoms with E-state index in [9.17, 15) is 13.2 Å². The van der Waals surface area contributed by atoms with Crippen molar-refractivity contribution in [2.75, 3.05) is 5.32 Å². The number of anilines is 2. The zero-order chi connectivity index (χ0) is 19.9. The number of H-pyrrole nitrogens is 1. The largest absolute Gasteiger partial charge is 0.416 e. The van der Waals surface area contributed by atoms with Gasteiger partial charge in [0.2, 0.25) is 0 Å². The monoisotopic (exact) mass is 424 g/mol. The lowest BCUT2D eigenvalue weighted by Gasteiger charge is -2.09. The first kappa shape index (κ1) is 18.5. The topological polar surface area (TPSA) is 79.4 Å². The number of aromatic nitrogens is 5. The van der Waals surface area contributed by atoms with Crippen LogP contribution >= 0.6 is 23.2 Å². The van der Waals surface area contributed by atoms with E-state index in [0.29, 0.717) is 32.6 Å². The van der Waals surface area contributed by atoms with Crippen LogP contribution in [-0.2, 0) is 6.18 Å². The summed E-state index contributed by atoms with van der Waals surface area (Å²) in [5.41, 5.74) is 0.302. The van der Waals surface area contributed by atoms with Crippen molar-refractivity contribution in [2.24, 2.45) is 0 Å². The standard InChI is InChI=1S/C17H9Cl2F3N6/c18-9-2-1-3-10(19)12(9)14-27-13-15(24-7-25-16(13)28-14)26-11-6-8(4-5-23-11)17(20,21)22/h1-7H,(H2,23,24,25,26,27,28). The third-order valence-corrected chi connectivity index (χ3v) is 4.45. The number of nitrogens with one attached hydrogen (secondary N) is 2. The molecule has 0 amide bonds. The van der Waals surface area contributed by atoms with Crippen molar-refractivity contribution in [1.29, 1.82) is 0 Å². The van der Waals surface area contributed by atoms with Crippen LogP contribution in [-0.4, -0.2) is 24.9 Å². The summed E-state index contributed by atoms with van der Waals surface area (Å²) in [6, 6.07) is 6.78. The highest BCUT2D eigenvalue weighted by molar-refractivity contribution is 6.39. The molecule has 1 aromatic carbocycles. The van der Waals surface area contributed by atoms with E-state index in [1.165, 1.54) is 6.33 Å². The van der Waals surface area contributed by atoms with Crippen LogP contribution in [0.25, 0.3) is 22.6 Å². The predicted molar refractivity (Wildman–Crippen MR) is 99.7 cm³/mol. The Bertz CT molecular complexity index is 1150. The van der Waals surface area contributed by atoms with Gasteiger partial charge in [-0.15, -0.1) is 0 Å². The van der Waals surface area contributed by atoms with Crippen LogP contribution in [0.4, 0.5) is 24.8 Å². The van der Waals surface area contributed by atoms with Gasteiger partial charge in [0.1, 0.15) is 18.0 Å². The second kappa shape index (κ2) is 6.92. The summed E-state index contributed by atoms with van der Waals surface area (Å²) in [5.74, 6) is 0.504. The minimum Gasteiger partial charge on any atom is -0.323 e. The first-order valence-corrected chi connectivity index (χ1v) is 8.54. The molecule has 6 nitrogen and oxygen atoms in total. The van der Waals surface area contributed by atoms with Gasteiger partial charge in [0, 0.05) is 6.20 Å². The maximum atomic E-state index is 12.9. The van der Waals surface area contributed by atoms with Crippen LogP contribution in [0, 0.1) is 0 Å². The average Bonchev–Trinajstić information content (AvgIpc) is 3.06. The van der Waals surface area contributed by atoms with E-state index in [4.69, 9.17) is 23.2 Å². The van der Waals surface area contributed by atoms with E-state index in [2.05, 4.69) is 30.2 Å². The minimum absolute atomic E-state index is 0.0323. The van der Waals surface area contributed by atoms with E-state index in [1.54, 1.807) is 18.2 Å². The smallest absolute Gasteiger partial charge is 0.323 e. The van der Waals surface area contributed by atoms with Crippen molar-refractivity contribution >= 4 is 46.0 Å². The molecule has 142 valence electrons. The molecule has 11 heteroatoms. The molecule has 0 saturated heterocycles. The molecule has 0 radical (unpaired) electrons. The third kappa shape index (κ3) is 3.46. The van der Waals surface area contributed by atoms with Gasteiger partial charge in [0.15, 0.2) is 17.0 Å². The van der Waals surface area contributed by atoms with E-state index >= 15 is 0 Å². The molecule has 0 fully saturated rings. The average molecular weight is 425 g/mol. The molecule has 4 aromatic rings.